The lowest BCUT2D eigenvalue weighted by Gasteiger charge is -2.19. The molecule has 1 atom stereocenters. The fourth-order valence-corrected chi connectivity index (χ4v) is 1.52. The quantitative estimate of drug-likeness (QED) is 0.614. The Bertz CT molecular complexity index is 101. The normalized spacial score (nSPS) is 28.2. The summed E-state index contributed by atoms with van der Waals surface area (Å²) in [6, 6.07) is 0.705. The molecular formula is C8H18N2. The van der Waals surface area contributed by atoms with Gasteiger partial charge in [-0.15, -0.1) is 0 Å². The first-order chi connectivity index (χ1) is 4.74. The molecule has 1 aliphatic rings. The number of likely N-dealkylation sites (tertiary alicyclic amines) is 1. The van der Waals surface area contributed by atoms with Gasteiger partial charge in [0.25, 0.3) is 0 Å². The van der Waals surface area contributed by atoms with Gasteiger partial charge in [-0.2, -0.15) is 0 Å². The maximum atomic E-state index is 5.57. The molecule has 1 rings (SSSR count). The van der Waals surface area contributed by atoms with Gasteiger partial charge in [0.1, 0.15) is 0 Å². The van der Waals surface area contributed by atoms with Gasteiger partial charge in [0, 0.05) is 12.6 Å². The summed E-state index contributed by atoms with van der Waals surface area (Å²) in [5, 5.41) is 0. The summed E-state index contributed by atoms with van der Waals surface area (Å²) in [6.07, 6.45) is 1.30. The zero-order chi connectivity index (χ0) is 7.56. The van der Waals surface area contributed by atoms with Crippen LogP contribution in [0.3, 0.4) is 0 Å². The standard InChI is InChI=1S/C8H18N2/c1-7(2)10-4-3-8(5-9)6-10/h7-8H,3-6,9H2,1-2H3/t8-/m0/s1. The summed E-state index contributed by atoms with van der Waals surface area (Å²) in [5.74, 6) is 0.766. The number of nitrogens with two attached hydrogens (primary N) is 1. The molecule has 0 radical (unpaired) electrons. The minimum absolute atomic E-state index is 0.705. The van der Waals surface area contributed by atoms with Crippen LogP contribution in [0.4, 0.5) is 0 Å². The maximum absolute atomic E-state index is 5.57. The highest BCUT2D eigenvalue weighted by Crippen LogP contribution is 2.16. The summed E-state index contributed by atoms with van der Waals surface area (Å²) >= 11 is 0. The summed E-state index contributed by atoms with van der Waals surface area (Å²) in [4.78, 5) is 2.50. The predicted octanol–water partition coefficient (Wildman–Crippen LogP) is 0.675. The topological polar surface area (TPSA) is 29.3 Å². The highest BCUT2D eigenvalue weighted by atomic mass is 15.2. The number of nitrogens with zero attached hydrogens (tertiary/aromatic N) is 1. The minimum Gasteiger partial charge on any atom is -0.330 e. The lowest BCUT2D eigenvalue weighted by atomic mass is 10.1. The van der Waals surface area contributed by atoms with Crippen LogP contribution < -0.4 is 5.73 Å². The monoisotopic (exact) mass is 142 g/mol. The zero-order valence-corrected chi connectivity index (χ0v) is 7.01. The van der Waals surface area contributed by atoms with E-state index in [1.807, 2.05) is 0 Å². The molecule has 0 bridgehead atoms. The Hall–Kier alpha value is -0.0800. The lowest BCUT2D eigenvalue weighted by Crippen LogP contribution is -2.29. The third-order valence-electron chi connectivity index (χ3n) is 2.38. The molecule has 0 spiro atoms. The second kappa shape index (κ2) is 3.35. The van der Waals surface area contributed by atoms with Crippen molar-refractivity contribution >= 4 is 0 Å². The molecule has 0 aromatic rings. The van der Waals surface area contributed by atoms with Gasteiger partial charge >= 0.3 is 0 Å². The average Bonchev–Trinajstić information content (AvgIpc) is 2.34. The molecule has 60 valence electrons. The van der Waals surface area contributed by atoms with Crippen molar-refractivity contribution in [2.75, 3.05) is 19.6 Å². The first-order valence-electron chi connectivity index (χ1n) is 4.18. The van der Waals surface area contributed by atoms with E-state index in [0.717, 1.165) is 12.5 Å². The summed E-state index contributed by atoms with van der Waals surface area (Å²) in [6.45, 7) is 7.83. The van der Waals surface area contributed by atoms with Crippen LogP contribution in [-0.4, -0.2) is 30.6 Å². The first kappa shape index (κ1) is 8.02. The molecule has 1 heterocycles. The van der Waals surface area contributed by atoms with E-state index in [0.29, 0.717) is 6.04 Å². The van der Waals surface area contributed by atoms with Crippen LogP contribution in [0.25, 0.3) is 0 Å². The number of hydrogen-bond acceptors (Lipinski definition) is 2. The molecule has 0 aliphatic carbocycles. The summed E-state index contributed by atoms with van der Waals surface area (Å²) < 4.78 is 0. The van der Waals surface area contributed by atoms with Crippen LogP contribution in [-0.2, 0) is 0 Å². The molecule has 0 aromatic heterocycles. The summed E-state index contributed by atoms with van der Waals surface area (Å²) in [7, 11) is 0. The van der Waals surface area contributed by atoms with Crippen molar-refractivity contribution in [3.63, 3.8) is 0 Å². The van der Waals surface area contributed by atoms with Gasteiger partial charge in [0.15, 0.2) is 0 Å². The Morgan fingerprint density at radius 1 is 1.60 bits per heavy atom. The van der Waals surface area contributed by atoms with Gasteiger partial charge in [-0.05, 0) is 39.3 Å². The fourth-order valence-electron chi connectivity index (χ4n) is 1.52. The SMILES string of the molecule is CC(C)N1CC[C@@H](CN)C1. The van der Waals surface area contributed by atoms with Gasteiger partial charge < -0.3 is 10.6 Å². The van der Waals surface area contributed by atoms with Crippen LogP contribution >= 0.6 is 0 Å². The predicted molar refractivity (Wildman–Crippen MR) is 43.9 cm³/mol. The largest absolute Gasteiger partial charge is 0.330 e. The second-order valence-corrected chi connectivity index (χ2v) is 3.48. The maximum Gasteiger partial charge on any atom is 0.00387 e. The Morgan fingerprint density at radius 3 is 2.60 bits per heavy atom. The van der Waals surface area contributed by atoms with Crippen LogP contribution in [0.15, 0.2) is 0 Å². The van der Waals surface area contributed by atoms with E-state index in [9.17, 15) is 0 Å². The molecule has 2 heteroatoms. The van der Waals surface area contributed by atoms with Crippen LogP contribution in [0.5, 0.6) is 0 Å². The van der Waals surface area contributed by atoms with Crippen LogP contribution in [0, 0.1) is 5.92 Å². The zero-order valence-electron chi connectivity index (χ0n) is 7.01. The molecule has 10 heavy (non-hydrogen) atoms. The van der Waals surface area contributed by atoms with Crippen molar-refractivity contribution in [3.8, 4) is 0 Å². The average molecular weight is 142 g/mol. The lowest BCUT2D eigenvalue weighted by molar-refractivity contribution is 0.266. The fraction of sp³-hybridized carbons (Fsp3) is 1.00. The molecule has 1 saturated heterocycles. The highest BCUT2D eigenvalue weighted by molar-refractivity contribution is 4.77. The van der Waals surface area contributed by atoms with Crippen LogP contribution in [0.1, 0.15) is 20.3 Å². The van der Waals surface area contributed by atoms with E-state index < -0.39 is 0 Å². The Balaban J connectivity index is 2.28. The van der Waals surface area contributed by atoms with Gasteiger partial charge in [0.05, 0.1) is 0 Å². The Morgan fingerprint density at radius 2 is 2.30 bits per heavy atom. The molecule has 0 saturated carbocycles. The van der Waals surface area contributed by atoms with Gasteiger partial charge in [-0.1, -0.05) is 0 Å². The van der Waals surface area contributed by atoms with Gasteiger partial charge in [-0.3, -0.25) is 0 Å². The van der Waals surface area contributed by atoms with Crippen molar-refractivity contribution in [1.82, 2.24) is 4.90 Å². The highest BCUT2D eigenvalue weighted by Gasteiger charge is 2.22. The van der Waals surface area contributed by atoms with Gasteiger partial charge in [-0.25, -0.2) is 0 Å². The van der Waals surface area contributed by atoms with E-state index in [1.165, 1.54) is 19.5 Å². The first-order valence-corrected chi connectivity index (χ1v) is 4.18. The Labute approximate surface area is 63.4 Å². The third kappa shape index (κ3) is 1.70. The smallest absolute Gasteiger partial charge is 0.00387 e. The van der Waals surface area contributed by atoms with Gasteiger partial charge in [0.2, 0.25) is 0 Å². The molecule has 2 nitrogen and oxygen atoms in total. The summed E-state index contributed by atoms with van der Waals surface area (Å²) in [5.41, 5.74) is 5.57. The van der Waals surface area contributed by atoms with Crippen molar-refractivity contribution in [2.24, 2.45) is 11.7 Å². The second-order valence-electron chi connectivity index (χ2n) is 3.48. The van der Waals surface area contributed by atoms with Crippen LogP contribution in [0.2, 0.25) is 0 Å². The number of hydrogen-bond donors (Lipinski definition) is 1. The van der Waals surface area contributed by atoms with Crippen molar-refractivity contribution in [1.29, 1.82) is 0 Å². The third-order valence-corrected chi connectivity index (χ3v) is 2.38. The van der Waals surface area contributed by atoms with Crippen molar-refractivity contribution in [3.05, 3.63) is 0 Å². The molecule has 1 fully saturated rings. The van der Waals surface area contributed by atoms with Crippen molar-refractivity contribution < 1.29 is 0 Å². The van der Waals surface area contributed by atoms with E-state index >= 15 is 0 Å². The molecule has 0 unspecified atom stereocenters. The molecule has 1 aliphatic heterocycles. The Kier molecular flexibility index (Phi) is 2.69. The van der Waals surface area contributed by atoms with E-state index in [-0.39, 0.29) is 0 Å². The minimum atomic E-state index is 0.705. The van der Waals surface area contributed by atoms with E-state index in [4.69, 9.17) is 5.73 Å². The van der Waals surface area contributed by atoms with E-state index in [2.05, 4.69) is 18.7 Å². The van der Waals surface area contributed by atoms with Crippen molar-refractivity contribution in [2.45, 2.75) is 26.3 Å². The molecule has 0 aromatic carbocycles. The molecular weight excluding hydrogens is 124 g/mol. The molecule has 2 N–H and O–H groups in total. The number of rotatable bonds is 2. The molecule has 0 amide bonds. The van der Waals surface area contributed by atoms with E-state index in [1.54, 1.807) is 0 Å².